The number of fused-ring (bicyclic) bond motifs is 1. The van der Waals surface area contributed by atoms with Crippen molar-refractivity contribution in [3.05, 3.63) is 29.4 Å². The van der Waals surface area contributed by atoms with Crippen LogP contribution in [0.15, 0.2) is 17.8 Å². The van der Waals surface area contributed by atoms with Crippen LogP contribution in [0.1, 0.15) is 36.8 Å². The zero-order valence-electron chi connectivity index (χ0n) is 11.8. The highest BCUT2D eigenvalue weighted by Crippen LogP contribution is 2.35. The Labute approximate surface area is 126 Å². The highest BCUT2D eigenvalue weighted by Gasteiger charge is 2.25. The fourth-order valence-electron chi connectivity index (χ4n) is 2.64. The summed E-state index contributed by atoms with van der Waals surface area (Å²) in [6, 6.07) is 2.04. The third-order valence-electron chi connectivity index (χ3n) is 4.14. The van der Waals surface area contributed by atoms with E-state index in [-0.39, 0.29) is 0 Å². The van der Waals surface area contributed by atoms with E-state index in [1.54, 1.807) is 17.7 Å². The van der Waals surface area contributed by atoms with Gasteiger partial charge in [-0.2, -0.15) is 0 Å². The van der Waals surface area contributed by atoms with Crippen LogP contribution in [0.2, 0.25) is 0 Å². The lowest BCUT2D eigenvalue weighted by atomic mass is 9.85. The molecule has 0 saturated heterocycles. The summed E-state index contributed by atoms with van der Waals surface area (Å²) in [5.74, 6) is 3.51. The molecule has 0 aliphatic heterocycles. The molecule has 1 fully saturated rings. The first-order valence-electron chi connectivity index (χ1n) is 7.13. The topological polar surface area (TPSA) is 68.5 Å². The van der Waals surface area contributed by atoms with Crippen LogP contribution >= 0.6 is 11.3 Å². The number of thiophene rings is 1. The van der Waals surface area contributed by atoms with E-state index in [2.05, 4.69) is 30.0 Å². The lowest BCUT2D eigenvalue weighted by Gasteiger charge is -2.24. The van der Waals surface area contributed by atoms with Gasteiger partial charge in [0.1, 0.15) is 22.8 Å². The summed E-state index contributed by atoms with van der Waals surface area (Å²) in [4.78, 5) is 9.58. The zero-order valence-corrected chi connectivity index (χ0v) is 12.6. The second-order valence-electron chi connectivity index (χ2n) is 5.38. The molecule has 0 atom stereocenters. The number of hydrogen-bond acceptors (Lipinski definition) is 6. The third-order valence-corrected chi connectivity index (χ3v) is 4.97. The first-order chi connectivity index (χ1) is 10.3. The Morgan fingerprint density at radius 3 is 3.05 bits per heavy atom. The molecule has 0 radical (unpaired) electrons. The van der Waals surface area contributed by atoms with Crippen molar-refractivity contribution in [1.82, 2.24) is 24.7 Å². The molecule has 1 aliphatic carbocycles. The van der Waals surface area contributed by atoms with E-state index >= 15 is 0 Å². The number of nitrogens with one attached hydrogen (secondary N) is 1. The van der Waals surface area contributed by atoms with Crippen molar-refractivity contribution in [3.63, 3.8) is 0 Å². The van der Waals surface area contributed by atoms with Crippen molar-refractivity contribution in [2.45, 2.75) is 31.7 Å². The van der Waals surface area contributed by atoms with Gasteiger partial charge in [-0.25, -0.2) is 9.97 Å². The van der Waals surface area contributed by atoms with Crippen LogP contribution < -0.4 is 5.32 Å². The minimum absolute atomic E-state index is 0.596. The van der Waals surface area contributed by atoms with Crippen LogP contribution in [0.3, 0.4) is 0 Å². The molecular formula is C14H16N6S. The van der Waals surface area contributed by atoms with Crippen LogP contribution in [-0.4, -0.2) is 24.7 Å². The van der Waals surface area contributed by atoms with Gasteiger partial charge < -0.3 is 9.88 Å². The van der Waals surface area contributed by atoms with Gasteiger partial charge in [-0.15, -0.1) is 21.5 Å². The average molecular weight is 300 g/mol. The monoisotopic (exact) mass is 300 g/mol. The Bertz CT molecular complexity index is 773. The molecule has 0 amide bonds. The normalized spacial score (nSPS) is 15.3. The van der Waals surface area contributed by atoms with E-state index in [1.165, 1.54) is 19.3 Å². The average Bonchev–Trinajstić information content (AvgIpc) is 3.04. The lowest BCUT2D eigenvalue weighted by Crippen LogP contribution is -2.15. The minimum atomic E-state index is 0.596. The number of nitrogens with zero attached hydrogens (tertiary/aromatic N) is 5. The minimum Gasteiger partial charge on any atom is -0.362 e. The Balaban J connectivity index is 1.54. The van der Waals surface area contributed by atoms with Crippen molar-refractivity contribution >= 4 is 27.4 Å². The molecule has 3 aromatic heterocycles. The zero-order chi connectivity index (χ0) is 14.2. The molecule has 3 aromatic rings. The van der Waals surface area contributed by atoms with Crippen LogP contribution in [0.25, 0.3) is 10.2 Å². The van der Waals surface area contributed by atoms with E-state index in [0.29, 0.717) is 12.5 Å². The summed E-state index contributed by atoms with van der Waals surface area (Å²) >= 11 is 1.62. The van der Waals surface area contributed by atoms with Crippen LogP contribution in [0, 0.1) is 0 Å². The molecule has 108 valence electrons. The van der Waals surface area contributed by atoms with Gasteiger partial charge in [0.15, 0.2) is 5.82 Å². The van der Waals surface area contributed by atoms with Crippen molar-refractivity contribution in [3.8, 4) is 0 Å². The van der Waals surface area contributed by atoms with E-state index in [4.69, 9.17) is 0 Å². The van der Waals surface area contributed by atoms with Gasteiger partial charge >= 0.3 is 0 Å². The van der Waals surface area contributed by atoms with E-state index in [0.717, 1.165) is 27.7 Å². The Hall–Kier alpha value is -2.02. The summed E-state index contributed by atoms with van der Waals surface area (Å²) in [6.07, 6.45) is 5.38. The summed E-state index contributed by atoms with van der Waals surface area (Å²) in [5.41, 5.74) is 0. The highest BCUT2D eigenvalue weighted by molar-refractivity contribution is 7.16. The summed E-state index contributed by atoms with van der Waals surface area (Å²) in [7, 11) is 2.05. The molecule has 1 saturated carbocycles. The standard InChI is InChI=1S/C14H16N6S/c1-20-11(18-19-13(20)9-3-2-4-9)7-15-12-10-5-6-21-14(10)17-8-16-12/h5-6,8-9H,2-4,7H2,1H3,(H,15,16,17). The Morgan fingerprint density at radius 2 is 2.24 bits per heavy atom. The largest absolute Gasteiger partial charge is 0.362 e. The summed E-state index contributed by atoms with van der Waals surface area (Å²) in [5, 5.41) is 15.1. The number of rotatable bonds is 4. The number of aromatic nitrogens is 5. The van der Waals surface area contributed by atoms with Crippen LogP contribution in [0.5, 0.6) is 0 Å². The van der Waals surface area contributed by atoms with Gasteiger partial charge in [0.25, 0.3) is 0 Å². The van der Waals surface area contributed by atoms with Gasteiger partial charge in [0.05, 0.1) is 11.9 Å². The molecule has 0 aromatic carbocycles. The molecule has 4 rings (SSSR count). The summed E-state index contributed by atoms with van der Waals surface area (Å²) < 4.78 is 2.11. The van der Waals surface area contributed by atoms with Crippen molar-refractivity contribution in [2.75, 3.05) is 5.32 Å². The smallest absolute Gasteiger partial charge is 0.152 e. The van der Waals surface area contributed by atoms with Crippen molar-refractivity contribution in [2.24, 2.45) is 7.05 Å². The maximum absolute atomic E-state index is 4.34. The van der Waals surface area contributed by atoms with Gasteiger partial charge in [0, 0.05) is 13.0 Å². The fraction of sp³-hybridized carbons (Fsp3) is 0.429. The van der Waals surface area contributed by atoms with Gasteiger partial charge in [-0.05, 0) is 24.3 Å². The molecule has 0 unspecified atom stereocenters. The van der Waals surface area contributed by atoms with E-state index in [1.807, 2.05) is 18.5 Å². The predicted octanol–water partition coefficient (Wildman–Crippen LogP) is 2.70. The fourth-order valence-corrected chi connectivity index (χ4v) is 3.38. The summed E-state index contributed by atoms with van der Waals surface area (Å²) in [6.45, 7) is 0.623. The first kappa shape index (κ1) is 12.7. The lowest BCUT2D eigenvalue weighted by molar-refractivity contribution is 0.391. The van der Waals surface area contributed by atoms with Gasteiger partial charge in [0.2, 0.25) is 0 Å². The first-order valence-corrected chi connectivity index (χ1v) is 8.01. The predicted molar refractivity (Wildman–Crippen MR) is 82.3 cm³/mol. The second kappa shape index (κ2) is 5.07. The van der Waals surface area contributed by atoms with Crippen molar-refractivity contribution < 1.29 is 0 Å². The maximum Gasteiger partial charge on any atom is 0.152 e. The molecule has 3 heterocycles. The van der Waals surface area contributed by atoms with E-state index < -0.39 is 0 Å². The van der Waals surface area contributed by atoms with Gasteiger partial charge in [-0.1, -0.05) is 6.42 Å². The molecule has 1 N–H and O–H groups in total. The van der Waals surface area contributed by atoms with E-state index in [9.17, 15) is 0 Å². The Kier molecular flexibility index (Phi) is 3.07. The molecule has 0 bridgehead atoms. The molecule has 0 spiro atoms. The highest BCUT2D eigenvalue weighted by atomic mass is 32.1. The number of anilines is 1. The second-order valence-corrected chi connectivity index (χ2v) is 6.27. The van der Waals surface area contributed by atoms with Gasteiger partial charge in [-0.3, -0.25) is 0 Å². The number of hydrogen-bond donors (Lipinski definition) is 1. The van der Waals surface area contributed by atoms with Crippen LogP contribution in [-0.2, 0) is 13.6 Å². The SMILES string of the molecule is Cn1c(CNc2ncnc3sccc23)nnc1C1CCC1. The van der Waals surface area contributed by atoms with Crippen molar-refractivity contribution in [1.29, 1.82) is 0 Å². The third kappa shape index (κ3) is 2.17. The Morgan fingerprint density at radius 1 is 1.33 bits per heavy atom. The molecule has 7 heteroatoms. The quantitative estimate of drug-likeness (QED) is 0.802. The maximum atomic E-state index is 4.34. The molecule has 21 heavy (non-hydrogen) atoms. The van der Waals surface area contributed by atoms with Crippen LogP contribution in [0.4, 0.5) is 5.82 Å². The molecular weight excluding hydrogens is 284 g/mol. The molecule has 1 aliphatic rings. The molecule has 6 nitrogen and oxygen atoms in total.